The van der Waals surface area contributed by atoms with Crippen molar-refractivity contribution in [1.29, 1.82) is 0 Å². The molecule has 0 bridgehead atoms. The van der Waals surface area contributed by atoms with Crippen LogP contribution in [0.4, 0.5) is 0 Å². The number of rotatable bonds is 6. The van der Waals surface area contributed by atoms with Crippen LogP contribution in [0.15, 0.2) is 12.7 Å². The first-order valence-corrected chi connectivity index (χ1v) is 5.13. The molecule has 1 N–H and O–H groups in total. The zero-order chi connectivity index (χ0) is 8.97. The molecule has 1 aliphatic carbocycles. The van der Waals surface area contributed by atoms with Crippen LogP contribution in [0, 0.1) is 11.8 Å². The molecule has 2 atom stereocenters. The van der Waals surface area contributed by atoms with Crippen molar-refractivity contribution in [3.63, 3.8) is 0 Å². The monoisotopic (exact) mass is 167 g/mol. The fraction of sp³-hybridized carbons (Fsp3) is 0.818. The van der Waals surface area contributed by atoms with Crippen LogP contribution in [-0.2, 0) is 0 Å². The third kappa shape index (κ3) is 2.63. The Morgan fingerprint density at radius 1 is 1.58 bits per heavy atom. The lowest BCUT2D eigenvalue weighted by Crippen LogP contribution is -2.35. The molecule has 70 valence electrons. The third-order valence-corrected chi connectivity index (χ3v) is 2.89. The van der Waals surface area contributed by atoms with Gasteiger partial charge in [0.2, 0.25) is 0 Å². The van der Waals surface area contributed by atoms with Crippen molar-refractivity contribution in [2.24, 2.45) is 11.8 Å². The molecule has 0 aromatic carbocycles. The van der Waals surface area contributed by atoms with Crippen molar-refractivity contribution in [2.45, 2.75) is 39.2 Å². The minimum atomic E-state index is 0.667. The van der Waals surface area contributed by atoms with E-state index in [0.29, 0.717) is 6.04 Å². The third-order valence-electron chi connectivity index (χ3n) is 2.89. The van der Waals surface area contributed by atoms with E-state index in [1.807, 2.05) is 6.08 Å². The van der Waals surface area contributed by atoms with Crippen molar-refractivity contribution >= 4 is 0 Å². The smallest absolute Gasteiger partial charge is 0.0130 e. The van der Waals surface area contributed by atoms with E-state index >= 15 is 0 Å². The normalized spacial score (nSPS) is 21.8. The van der Waals surface area contributed by atoms with Gasteiger partial charge < -0.3 is 5.32 Å². The maximum Gasteiger partial charge on any atom is 0.0130 e. The van der Waals surface area contributed by atoms with E-state index in [9.17, 15) is 0 Å². The maximum atomic E-state index is 3.80. The van der Waals surface area contributed by atoms with Gasteiger partial charge in [-0.05, 0) is 37.6 Å². The quantitative estimate of drug-likeness (QED) is 0.600. The van der Waals surface area contributed by atoms with Gasteiger partial charge in [0.1, 0.15) is 0 Å². The lowest BCUT2D eigenvalue weighted by Gasteiger charge is -2.23. The fourth-order valence-electron chi connectivity index (χ4n) is 1.88. The van der Waals surface area contributed by atoms with Crippen LogP contribution >= 0.6 is 0 Å². The van der Waals surface area contributed by atoms with E-state index < -0.39 is 0 Å². The maximum absolute atomic E-state index is 3.80. The fourth-order valence-corrected chi connectivity index (χ4v) is 1.88. The second-order valence-electron chi connectivity index (χ2n) is 3.89. The molecule has 0 saturated heterocycles. The number of hydrogen-bond donors (Lipinski definition) is 1. The summed E-state index contributed by atoms with van der Waals surface area (Å²) in [6.45, 7) is 9.43. The van der Waals surface area contributed by atoms with Crippen LogP contribution in [-0.4, -0.2) is 12.6 Å². The van der Waals surface area contributed by atoms with Crippen molar-refractivity contribution in [3.05, 3.63) is 12.7 Å². The summed E-state index contributed by atoms with van der Waals surface area (Å²) in [5.74, 6) is 1.83. The first kappa shape index (κ1) is 9.79. The Labute approximate surface area is 76.2 Å². The standard InChI is InChI=1S/C11H21N/c1-4-6-11(12-5-2)9(3)10-7-8-10/h4,9-12H,1,5-8H2,2-3H3. The van der Waals surface area contributed by atoms with E-state index in [-0.39, 0.29) is 0 Å². The first-order valence-electron chi connectivity index (χ1n) is 5.13. The van der Waals surface area contributed by atoms with Gasteiger partial charge in [0.05, 0.1) is 0 Å². The van der Waals surface area contributed by atoms with Crippen molar-refractivity contribution in [1.82, 2.24) is 5.32 Å². The van der Waals surface area contributed by atoms with E-state index in [1.165, 1.54) is 12.8 Å². The molecule has 12 heavy (non-hydrogen) atoms. The minimum Gasteiger partial charge on any atom is -0.314 e. The first-order chi connectivity index (χ1) is 5.79. The molecule has 0 spiro atoms. The Kier molecular flexibility index (Phi) is 3.80. The van der Waals surface area contributed by atoms with Gasteiger partial charge in [-0.1, -0.05) is 19.9 Å². The second kappa shape index (κ2) is 4.66. The largest absolute Gasteiger partial charge is 0.314 e. The SMILES string of the molecule is C=CCC(NCC)C(C)C1CC1. The molecule has 1 rings (SSSR count). The molecule has 0 aromatic heterocycles. The topological polar surface area (TPSA) is 12.0 Å². The second-order valence-corrected chi connectivity index (χ2v) is 3.89. The molecule has 1 aliphatic rings. The summed E-state index contributed by atoms with van der Waals surface area (Å²) >= 11 is 0. The predicted octanol–water partition coefficient (Wildman–Crippen LogP) is 2.59. The number of hydrogen-bond acceptors (Lipinski definition) is 1. The van der Waals surface area contributed by atoms with Crippen molar-refractivity contribution < 1.29 is 0 Å². The summed E-state index contributed by atoms with van der Waals surface area (Å²) in [6, 6.07) is 0.667. The van der Waals surface area contributed by atoms with Crippen molar-refractivity contribution in [3.8, 4) is 0 Å². The molecule has 2 unspecified atom stereocenters. The molecular formula is C11H21N. The average molecular weight is 167 g/mol. The highest BCUT2D eigenvalue weighted by Gasteiger charge is 2.32. The van der Waals surface area contributed by atoms with Gasteiger partial charge in [0, 0.05) is 6.04 Å². The molecule has 0 aliphatic heterocycles. The molecule has 0 amide bonds. The van der Waals surface area contributed by atoms with Gasteiger partial charge in [-0.15, -0.1) is 6.58 Å². The van der Waals surface area contributed by atoms with Crippen LogP contribution < -0.4 is 5.32 Å². The molecule has 1 nitrogen and oxygen atoms in total. The van der Waals surface area contributed by atoms with Gasteiger partial charge in [-0.25, -0.2) is 0 Å². The van der Waals surface area contributed by atoms with Crippen LogP contribution in [0.1, 0.15) is 33.1 Å². The Morgan fingerprint density at radius 2 is 2.25 bits per heavy atom. The molecule has 0 aromatic rings. The summed E-state index contributed by atoms with van der Waals surface area (Å²) in [4.78, 5) is 0. The Morgan fingerprint density at radius 3 is 2.67 bits per heavy atom. The van der Waals surface area contributed by atoms with Crippen LogP contribution in [0.5, 0.6) is 0 Å². The molecule has 1 saturated carbocycles. The van der Waals surface area contributed by atoms with Gasteiger partial charge in [0.15, 0.2) is 0 Å². The molecule has 1 fully saturated rings. The van der Waals surface area contributed by atoms with E-state index in [0.717, 1.165) is 24.8 Å². The van der Waals surface area contributed by atoms with Gasteiger partial charge in [0.25, 0.3) is 0 Å². The van der Waals surface area contributed by atoms with Crippen LogP contribution in [0.3, 0.4) is 0 Å². The van der Waals surface area contributed by atoms with Crippen LogP contribution in [0.25, 0.3) is 0 Å². The van der Waals surface area contributed by atoms with E-state index in [2.05, 4.69) is 25.7 Å². The number of nitrogens with one attached hydrogen (secondary N) is 1. The van der Waals surface area contributed by atoms with Gasteiger partial charge >= 0.3 is 0 Å². The summed E-state index contributed by atoms with van der Waals surface area (Å²) in [5, 5.41) is 3.53. The Hall–Kier alpha value is -0.300. The molecular weight excluding hydrogens is 146 g/mol. The molecule has 0 heterocycles. The van der Waals surface area contributed by atoms with Crippen molar-refractivity contribution in [2.75, 3.05) is 6.54 Å². The summed E-state index contributed by atoms with van der Waals surface area (Å²) in [6.07, 6.45) is 6.04. The highest BCUT2D eigenvalue weighted by Crippen LogP contribution is 2.38. The zero-order valence-corrected chi connectivity index (χ0v) is 8.34. The average Bonchev–Trinajstić information content (AvgIpc) is 2.85. The lowest BCUT2D eigenvalue weighted by molar-refractivity contribution is 0.349. The summed E-state index contributed by atoms with van der Waals surface area (Å²) < 4.78 is 0. The van der Waals surface area contributed by atoms with Crippen LogP contribution in [0.2, 0.25) is 0 Å². The summed E-state index contributed by atoms with van der Waals surface area (Å²) in [7, 11) is 0. The Bertz CT molecular complexity index is 138. The van der Waals surface area contributed by atoms with Gasteiger partial charge in [-0.3, -0.25) is 0 Å². The summed E-state index contributed by atoms with van der Waals surface area (Å²) in [5.41, 5.74) is 0. The zero-order valence-electron chi connectivity index (χ0n) is 8.34. The highest BCUT2D eigenvalue weighted by molar-refractivity contribution is 4.89. The highest BCUT2D eigenvalue weighted by atomic mass is 14.9. The van der Waals surface area contributed by atoms with Gasteiger partial charge in [-0.2, -0.15) is 0 Å². The predicted molar refractivity (Wildman–Crippen MR) is 54.2 cm³/mol. The molecule has 0 radical (unpaired) electrons. The Balaban J connectivity index is 2.32. The molecule has 1 heteroatoms. The lowest BCUT2D eigenvalue weighted by atomic mass is 9.94. The minimum absolute atomic E-state index is 0.667. The van der Waals surface area contributed by atoms with E-state index in [4.69, 9.17) is 0 Å². The van der Waals surface area contributed by atoms with E-state index in [1.54, 1.807) is 0 Å².